The van der Waals surface area contributed by atoms with Gasteiger partial charge in [-0.25, -0.2) is 23.9 Å². The normalized spacial score (nSPS) is 23.4. The number of aromatic nitrogens is 4. The number of aryl methyl sites for hydroxylation is 1. The van der Waals surface area contributed by atoms with Crippen molar-refractivity contribution in [2.24, 2.45) is 0 Å². The average molecular weight is 442 g/mol. The Morgan fingerprint density at radius 2 is 2.22 bits per heavy atom. The fourth-order valence-corrected chi connectivity index (χ4v) is 4.10. The Labute approximate surface area is 183 Å². The highest BCUT2D eigenvalue weighted by atomic mass is 19.1. The first-order valence-electron chi connectivity index (χ1n) is 10.5. The van der Waals surface area contributed by atoms with Gasteiger partial charge in [-0.3, -0.25) is 9.63 Å². The number of carbonyl (C=O) groups excluding carboxylic acids is 1. The predicted molar refractivity (Wildman–Crippen MR) is 111 cm³/mol. The van der Waals surface area contributed by atoms with Crippen molar-refractivity contribution in [3.05, 3.63) is 47.7 Å². The summed E-state index contributed by atoms with van der Waals surface area (Å²) in [5.74, 6) is 0.423. The number of amides is 1. The number of halogens is 1. The van der Waals surface area contributed by atoms with Gasteiger partial charge in [0.25, 0.3) is 0 Å². The van der Waals surface area contributed by atoms with Crippen molar-refractivity contribution >= 4 is 17.9 Å². The van der Waals surface area contributed by atoms with Crippen LogP contribution in [-0.4, -0.2) is 58.0 Å². The molecular weight excluding hydrogens is 419 g/mol. The fraction of sp³-hybridized carbons (Fsp3) is 0.429. The molecule has 2 fully saturated rings. The predicted octanol–water partition coefficient (Wildman–Crippen LogP) is 1.74. The number of rotatable bonds is 6. The molecule has 0 aliphatic carbocycles. The smallest absolute Gasteiger partial charge is 0.219 e. The molecule has 0 radical (unpaired) electrons. The number of hydrogen-bond donors (Lipinski definition) is 1. The lowest BCUT2D eigenvalue weighted by molar-refractivity contribution is -0.112. The van der Waals surface area contributed by atoms with Gasteiger partial charge in [0, 0.05) is 36.2 Å². The number of anilines is 1. The third-order valence-electron chi connectivity index (χ3n) is 5.70. The van der Waals surface area contributed by atoms with Gasteiger partial charge >= 0.3 is 0 Å². The van der Waals surface area contributed by atoms with Crippen LogP contribution in [0.25, 0.3) is 5.65 Å². The van der Waals surface area contributed by atoms with E-state index in [-0.39, 0.29) is 18.2 Å². The molecule has 11 heteroatoms. The molecule has 2 unspecified atom stereocenters. The third kappa shape index (κ3) is 3.84. The van der Waals surface area contributed by atoms with Crippen LogP contribution < -0.4 is 15.1 Å². The minimum absolute atomic E-state index is 0.304. The van der Waals surface area contributed by atoms with E-state index in [0.29, 0.717) is 56.3 Å². The summed E-state index contributed by atoms with van der Waals surface area (Å²) in [6.07, 6.45) is 6.15. The Hall–Kier alpha value is -3.31. The first-order chi connectivity index (χ1) is 15.6. The van der Waals surface area contributed by atoms with E-state index in [1.165, 1.54) is 6.07 Å². The number of nitrogens with one attached hydrogen (secondary N) is 1. The Morgan fingerprint density at radius 1 is 1.31 bits per heavy atom. The molecule has 3 aromatic heterocycles. The number of nitrogens with zero attached hydrogens (tertiary/aromatic N) is 5. The van der Waals surface area contributed by atoms with Crippen molar-refractivity contribution < 1.29 is 23.5 Å². The van der Waals surface area contributed by atoms with Gasteiger partial charge in [0.1, 0.15) is 11.9 Å². The zero-order valence-corrected chi connectivity index (χ0v) is 17.5. The van der Waals surface area contributed by atoms with E-state index in [0.717, 1.165) is 17.4 Å². The molecular formula is C21H23FN6O4. The van der Waals surface area contributed by atoms with Crippen LogP contribution >= 0.6 is 0 Å². The molecule has 3 aromatic rings. The minimum atomic E-state index is -0.469. The Morgan fingerprint density at radius 3 is 3.09 bits per heavy atom. The topological polar surface area (TPSA) is 103 Å². The molecule has 0 spiro atoms. The SMILES string of the molecule is Cc1cnn2ccc(N3OCCC3c3cc(F)cnc3O[C@H]3CCOCC3NC=O)nc12. The standard InChI is InChI=1S/C21H23FN6O4/c1-13-9-25-27-5-2-19(26-20(13)27)28-17(3-7-31-28)15-8-14(22)10-23-21(15)32-18-4-6-30-11-16(18)24-12-29/h2,5,8-10,12,16-18H,3-4,6-7,11H2,1H3,(H,24,29)/t16?,17?,18-/m0/s1. The van der Waals surface area contributed by atoms with Gasteiger partial charge in [0.15, 0.2) is 11.5 Å². The second-order valence-electron chi connectivity index (χ2n) is 7.80. The maximum atomic E-state index is 14.2. The summed E-state index contributed by atoms with van der Waals surface area (Å²) in [6.45, 7) is 3.22. The monoisotopic (exact) mass is 442 g/mol. The highest BCUT2D eigenvalue weighted by molar-refractivity contribution is 5.53. The van der Waals surface area contributed by atoms with Crippen LogP contribution in [0.15, 0.2) is 30.7 Å². The van der Waals surface area contributed by atoms with Crippen molar-refractivity contribution in [3.63, 3.8) is 0 Å². The van der Waals surface area contributed by atoms with Gasteiger partial charge in [-0.2, -0.15) is 5.10 Å². The van der Waals surface area contributed by atoms with Gasteiger partial charge < -0.3 is 14.8 Å². The molecule has 5 rings (SSSR count). The van der Waals surface area contributed by atoms with E-state index in [2.05, 4.69) is 20.4 Å². The van der Waals surface area contributed by atoms with Gasteiger partial charge in [0.2, 0.25) is 12.3 Å². The maximum Gasteiger partial charge on any atom is 0.219 e. The largest absolute Gasteiger partial charge is 0.472 e. The van der Waals surface area contributed by atoms with Crippen molar-refractivity contribution in [2.45, 2.75) is 38.0 Å². The molecule has 0 aromatic carbocycles. The molecule has 1 N–H and O–H groups in total. The molecule has 0 bridgehead atoms. The molecule has 2 aliphatic heterocycles. The highest BCUT2D eigenvalue weighted by Gasteiger charge is 2.34. The van der Waals surface area contributed by atoms with Crippen molar-refractivity contribution in [3.8, 4) is 5.88 Å². The molecule has 3 atom stereocenters. The summed E-state index contributed by atoms with van der Waals surface area (Å²) < 4.78 is 27.6. The minimum Gasteiger partial charge on any atom is -0.472 e. The van der Waals surface area contributed by atoms with Crippen LogP contribution in [-0.2, 0) is 14.4 Å². The maximum absolute atomic E-state index is 14.2. The van der Waals surface area contributed by atoms with Crippen molar-refractivity contribution in [1.82, 2.24) is 24.9 Å². The van der Waals surface area contributed by atoms with Crippen LogP contribution in [0.1, 0.15) is 30.0 Å². The van der Waals surface area contributed by atoms with Gasteiger partial charge in [-0.1, -0.05) is 0 Å². The first-order valence-corrected chi connectivity index (χ1v) is 10.5. The first kappa shape index (κ1) is 20.6. The second kappa shape index (κ2) is 8.67. The zero-order valence-electron chi connectivity index (χ0n) is 17.5. The van der Waals surface area contributed by atoms with E-state index < -0.39 is 5.82 Å². The molecule has 2 aliphatic rings. The quantitative estimate of drug-likeness (QED) is 0.576. The van der Waals surface area contributed by atoms with Gasteiger partial charge in [0.05, 0.1) is 44.3 Å². The summed E-state index contributed by atoms with van der Waals surface area (Å²) in [5.41, 5.74) is 2.22. The van der Waals surface area contributed by atoms with Gasteiger partial charge in [-0.05, 0) is 13.0 Å². The van der Waals surface area contributed by atoms with Crippen LogP contribution in [0.4, 0.5) is 10.2 Å². The Balaban J connectivity index is 1.47. The molecule has 0 saturated carbocycles. The van der Waals surface area contributed by atoms with E-state index in [1.807, 2.05) is 13.1 Å². The summed E-state index contributed by atoms with van der Waals surface area (Å²) in [7, 11) is 0. The molecule has 10 nitrogen and oxygen atoms in total. The third-order valence-corrected chi connectivity index (χ3v) is 5.70. The summed E-state index contributed by atoms with van der Waals surface area (Å²) >= 11 is 0. The number of hydroxylamine groups is 1. The average Bonchev–Trinajstić information content (AvgIpc) is 3.43. The summed E-state index contributed by atoms with van der Waals surface area (Å²) in [6, 6.07) is 2.56. The lowest BCUT2D eigenvalue weighted by Crippen LogP contribution is -2.49. The molecule has 32 heavy (non-hydrogen) atoms. The number of hydrogen-bond acceptors (Lipinski definition) is 8. The van der Waals surface area contributed by atoms with Crippen molar-refractivity contribution in [2.75, 3.05) is 24.9 Å². The van der Waals surface area contributed by atoms with Crippen LogP contribution in [0.5, 0.6) is 5.88 Å². The van der Waals surface area contributed by atoms with Crippen LogP contribution in [0.3, 0.4) is 0 Å². The number of pyridine rings is 1. The lowest BCUT2D eigenvalue weighted by Gasteiger charge is -2.32. The lowest BCUT2D eigenvalue weighted by atomic mass is 10.0. The Kier molecular flexibility index (Phi) is 5.58. The number of ether oxygens (including phenoxy) is 2. The molecule has 2 saturated heterocycles. The summed E-state index contributed by atoms with van der Waals surface area (Å²) in [4.78, 5) is 25.7. The molecule has 5 heterocycles. The number of carbonyl (C=O) groups is 1. The van der Waals surface area contributed by atoms with Crippen LogP contribution in [0.2, 0.25) is 0 Å². The summed E-state index contributed by atoms with van der Waals surface area (Å²) in [5, 5.41) is 8.64. The number of fused-ring (bicyclic) bond motifs is 1. The fourth-order valence-electron chi connectivity index (χ4n) is 4.10. The zero-order chi connectivity index (χ0) is 22.1. The molecule has 1 amide bonds. The second-order valence-corrected chi connectivity index (χ2v) is 7.80. The van der Waals surface area contributed by atoms with E-state index in [1.54, 1.807) is 21.8 Å². The van der Waals surface area contributed by atoms with E-state index in [9.17, 15) is 9.18 Å². The Bertz CT molecular complexity index is 1120. The van der Waals surface area contributed by atoms with E-state index in [4.69, 9.17) is 14.3 Å². The van der Waals surface area contributed by atoms with E-state index >= 15 is 0 Å². The molecule has 168 valence electrons. The van der Waals surface area contributed by atoms with Gasteiger partial charge in [-0.15, -0.1) is 0 Å². The van der Waals surface area contributed by atoms with Crippen LogP contribution in [0, 0.1) is 12.7 Å². The van der Waals surface area contributed by atoms with Crippen molar-refractivity contribution in [1.29, 1.82) is 0 Å². The highest BCUT2D eigenvalue weighted by Crippen LogP contribution is 2.38.